The first-order valence-corrected chi connectivity index (χ1v) is 5.37. The molecule has 0 unspecified atom stereocenters. The van der Waals surface area contributed by atoms with Gasteiger partial charge in [0.05, 0.1) is 5.56 Å². The predicted octanol–water partition coefficient (Wildman–Crippen LogP) is 3.35. The van der Waals surface area contributed by atoms with Crippen LogP contribution < -0.4 is 4.74 Å². The van der Waals surface area contributed by atoms with Gasteiger partial charge < -0.3 is 4.74 Å². The van der Waals surface area contributed by atoms with Crippen molar-refractivity contribution >= 4 is 5.78 Å². The van der Waals surface area contributed by atoms with Crippen LogP contribution in [0, 0.1) is 5.82 Å². The maximum absolute atomic E-state index is 13.0. The SMILES string of the molecule is O=C(c1cccnc1)c1ccc(F)cc1OC(F)(F)F. The molecule has 2 rings (SSSR count). The summed E-state index contributed by atoms with van der Waals surface area (Å²) in [5.41, 5.74) is -0.317. The highest BCUT2D eigenvalue weighted by Gasteiger charge is 2.33. The average Bonchev–Trinajstić information content (AvgIpc) is 2.37. The van der Waals surface area contributed by atoms with Crippen molar-refractivity contribution in [3.05, 3.63) is 59.7 Å². The van der Waals surface area contributed by atoms with Gasteiger partial charge in [-0.3, -0.25) is 9.78 Å². The van der Waals surface area contributed by atoms with Gasteiger partial charge in [0.15, 0.2) is 5.78 Å². The van der Waals surface area contributed by atoms with Crippen molar-refractivity contribution < 1.29 is 27.1 Å². The normalized spacial score (nSPS) is 11.2. The van der Waals surface area contributed by atoms with E-state index in [4.69, 9.17) is 0 Å². The van der Waals surface area contributed by atoms with Gasteiger partial charge in [0.1, 0.15) is 11.6 Å². The minimum absolute atomic E-state index is 0.0751. The lowest BCUT2D eigenvalue weighted by atomic mass is 10.0. The molecule has 104 valence electrons. The molecule has 0 radical (unpaired) electrons. The third-order valence-electron chi connectivity index (χ3n) is 2.34. The van der Waals surface area contributed by atoms with Crippen molar-refractivity contribution in [3.63, 3.8) is 0 Å². The second kappa shape index (κ2) is 5.28. The summed E-state index contributed by atoms with van der Waals surface area (Å²) in [7, 11) is 0. The van der Waals surface area contributed by atoms with Crippen molar-refractivity contribution in [1.29, 1.82) is 0 Å². The van der Waals surface area contributed by atoms with Crippen LogP contribution in [-0.4, -0.2) is 17.1 Å². The zero-order chi connectivity index (χ0) is 14.8. The van der Waals surface area contributed by atoms with Crippen molar-refractivity contribution in [2.24, 2.45) is 0 Å². The maximum atomic E-state index is 13.0. The number of rotatable bonds is 3. The van der Waals surface area contributed by atoms with Crippen molar-refractivity contribution in [2.45, 2.75) is 6.36 Å². The van der Waals surface area contributed by atoms with E-state index >= 15 is 0 Å². The number of halogens is 4. The van der Waals surface area contributed by atoms with Gasteiger partial charge in [-0.25, -0.2) is 4.39 Å². The van der Waals surface area contributed by atoms with E-state index in [2.05, 4.69) is 9.72 Å². The molecule has 0 saturated carbocycles. The monoisotopic (exact) mass is 285 g/mol. The molecule has 0 spiro atoms. The number of aromatic nitrogens is 1. The summed E-state index contributed by atoms with van der Waals surface area (Å²) in [4.78, 5) is 15.7. The summed E-state index contributed by atoms with van der Waals surface area (Å²) in [5.74, 6) is -2.56. The molecule has 0 atom stereocenters. The van der Waals surface area contributed by atoms with Gasteiger partial charge in [-0.15, -0.1) is 13.2 Å². The van der Waals surface area contributed by atoms with Gasteiger partial charge >= 0.3 is 6.36 Å². The Morgan fingerprint density at radius 1 is 1.20 bits per heavy atom. The van der Waals surface area contributed by atoms with E-state index in [0.29, 0.717) is 6.07 Å². The molecule has 0 saturated heterocycles. The minimum Gasteiger partial charge on any atom is -0.405 e. The lowest BCUT2D eigenvalue weighted by Crippen LogP contribution is -2.19. The number of hydrogen-bond donors (Lipinski definition) is 0. The van der Waals surface area contributed by atoms with Crippen LogP contribution >= 0.6 is 0 Å². The zero-order valence-corrected chi connectivity index (χ0v) is 9.82. The van der Waals surface area contributed by atoms with E-state index in [1.807, 2.05) is 0 Å². The Morgan fingerprint density at radius 3 is 2.55 bits per heavy atom. The molecule has 1 heterocycles. The topological polar surface area (TPSA) is 39.2 Å². The van der Waals surface area contributed by atoms with Crippen molar-refractivity contribution in [1.82, 2.24) is 4.98 Å². The molecular weight excluding hydrogens is 278 g/mol. The van der Waals surface area contributed by atoms with E-state index < -0.39 is 29.3 Å². The molecule has 2 aromatic rings. The molecule has 0 N–H and O–H groups in total. The summed E-state index contributed by atoms with van der Waals surface area (Å²) in [6, 6.07) is 5.17. The van der Waals surface area contributed by atoms with Crippen LogP contribution in [0.25, 0.3) is 0 Å². The van der Waals surface area contributed by atoms with Crippen molar-refractivity contribution in [2.75, 3.05) is 0 Å². The third-order valence-corrected chi connectivity index (χ3v) is 2.34. The second-order valence-corrected chi connectivity index (χ2v) is 3.76. The first kappa shape index (κ1) is 14.0. The van der Waals surface area contributed by atoms with Crippen LogP contribution in [0.2, 0.25) is 0 Å². The number of nitrogens with zero attached hydrogens (tertiary/aromatic N) is 1. The van der Waals surface area contributed by atoms with E-state index in [1.165, 1.54) is 24.5 Å². The molecular formula is C13H7F4NO2. The number of hydrogen-bond acceptors (Lipinski definition) is 3. The molecule has 20 heavy (non-hydrogen) atoms. The van der Waals surface area contributed by atoms with Gasteiger partial charge in [0.25, 0.3) is 0 Å². The smallest absolute Gasteiger partial charge is 0.405 e. The lowest BCUT2D eigenvalue weighted by molar-refractivity contribution is -0.274. The van der Waals surface area contributed by atoms with Crippen molar-refractivity contribution in [3.8, 4) is 5.75 Å². The first-order valence-electron chi connectivity index (χ1n) is 5.37. The molecule has 0 aliphatic rings. The summed E-state index contributed by atoms with van der Waals surface area (Å²) in [6.07, 6.45) is -2.41. The quantitative estimate of drug-likeness (QED) is 0.641. The van der Waals surface area contributed by atoms with Gasteiger partial charge in [-0.1, -0.05) is 0 Å². The van der Waals surface area contributed by atoms with E-state index in [1.54, 1.807) is 0 Å². The molecule has 0 amide bonds. The molecule has 7 heteroatoms. The zero-order valence-electron chi connectivity index (χ0n) is 9.82. The predicted molar refractivity (Wildman–Crippen MR) is 60.8 cm³/mol. The standard InChI is InChI=1S/C13H7F4NO2/c14-9-3-4-10(11(6-9)20-13(15,16)17)12(19)8-2-1-5-18-7-8/h1-7H. The minimum atomic E-state index is -5.02. The van der Waals surface area contributed by atoms with Crippen LogP contribution in [0.4, 0.5) is 17.6 Å². The Labute approximate surface area is 110 Å². The Hall–Kier alpha value is -2.44. The summed E-state index contributed by atoms with van der Waals surface area (Å²) in [6.45, 7) is 0. The van der Waals surface area contributed by atoms with Gasteiger partial charge in [-0.05, 0) is 24.3 Å². The largest absolute Gasteiger partial charge is 0.573 e. The summed E-state index contributed by atoms with van der Waals surface area (Å²) >= 11 is 0. The Bertz CT molecular complexity index is 626. The van der Waals surface area contributed by atoms with Crippen LogP contribution in [0.3, 0.4) is 0 Å². The lowest BCUT2D eigenvalue weighted by Gasteiger charge is -2.12. The summed E-state index contributed by atoms with van der Waals surface area (Å²) < 4.78 is 53.4. The molecule has 0 aliphatic heterocycles. The number of pyridine rings is 1. The highest BCUT2D eigenvalue weighted by atomic mass is 19.4. The number of alkyl halides is 3. The number of carbonyl (C=O) groups is 1. The number of benzene rings is 1. The highest BCUT2D eigenvalue weighted by molar-refractivity contribution is 6.10. The Balaban J connectivity index is 2.43. The van der Waals surface area contributed by atoms with Crippen LogP contribution in [0.1, 0.15) is 15.9 Å². The summed E-state index contributed by atoms with van der Waals surface area (Å²) in [5, 5.41) is 0. The molecule has 0 aliphatic carbocycles. The molecule has 1 aromatic heterocycles. The second-order valence-electron chi connectivity index (χ2n) is 3.76. The molecule has 3 nitrogen and oxygen atoms in total. The highest BCUT2D eigenvalue weighted by Crippen LogP contribution is 2.28. The molecule has 0 bridgehead atoms. The fraction of sp³-hybridized carbons (Fsp3) is 0.0769. The van der Waals surface area contributed by atoms with E-state index in [-0.39, 0.29) is 5.56 Å². The maximum Gasteiger partial charge on any atom is 0.573 e. The van der Waals surface area contributed by atoms with Gasteiger partial charge in [-0.2, -0.15) is 0 Å². The first-order chi connectivity index (χ1) is 9.37. The fourth-order valence-corrected chi connectivity index (χ4v) is 1.55. The number of ether oxygens (including phenoxy) is 1. The Kier molecular flexibility index (Phi) is 3.69. The average molecular weight is 285 g/mol. The third kappa shape index (κ3) is 3.31. The van der Waals surface area contributed by atoms with E-state index in [9.17, 15) is 22.4 Å². The van der Waals surface area contributed by atoms with E-state index in [0.717, 1.165) is 12.1 Å². The van der Waals surface area contributed by atoms with Gasteiger partial charge in [0, 0.05) is 24.0 Å². The molecule has 0 fully saturated rings. The van der Waals surface area contributed by atoms with Crippen LogP contribution in [0.15, 0.2) is 42.7 Å². The van der Waals surface area contributed by atoms with Crippen LogP contribution in [0.5, 0.6) is 5.75 Å². The molecule has 1 aromatic carbocycles. The van der Waals surface area contributed by atoms with Crippen LogP contribution in [-0.2, 0) is 0 Å². The fourth-order valence-electron chi connectivity index (χ4n) is 1.55. The number of ketones is 1. The van der Waals surface area contributed by atoms with Gasteiger partial charge in [0.2, 0.25) is 0 Å². The Morgan fingerprint density at radius 2 is 1.95 bits per heavy atom. The number of carbonyl (C=O) groups excluding carboxylic acids is 1.